The number of ether oxygens (including phenoxy) is 1. The second-order valence-corrected chi connectivity index (χ2v) is 4.07. The number of hydrogen-bond donors (Lipinski definition) is 0. The zero-order valence-electron chi connectivity index (χ0n) is 11.3. The van der Waals surface area contributed by atoms with E-state index in [1.165, 1.54) is 37.8 Å². The summed E-state index contributed by atoms with van der Waals surface area (Å²) in [6.45, 7) is 2.88. The van der Waals surface area contributed by atoms with Gasteiger partial charge >= 0.3 is 29.6 Å². The van der Waals surface area contributed by atoms with Crippen LogP contribution in [0.5, 0.6) is 5.75 Å². The van der Waals surface area contributed by atoms with Crippen molar-refractivity contribution in [3.05, 3.63) is 29.8 Å². The molecule has 0 aliphatic heterocycles. The first kappa shape index (κ1) is 17.5. The van der Waals surface area contributed by atoms with Crippen molar-refractivity contribution in [1.29, 1.82) is 0 Å². The minimum atomic E-state index is -1.16. The fourth-order valence-electron chi connectivity index (χ4n) is 1.58. The molecule has 18 heavy (non-hydrogen) atoms. The molecular weight excluding hydrogens is 239 g/mol. The molecule has 0 amide bonds. The Bertz CT molecular complexity index is 335. The smallest absolute Gasteiger partial charge is 0.545 e. The average molecular weight is 258 g/mol. The van der Waals surface area contributed by atoms with E-state index in [4.69, 9.17) is 4.74 Å². The van der Waals surface area contributed by atoms with E-state index in [1.54, 1.807) is 12.1 Å². The molecule has 0 aromatic heterocycles. The number of carbonyl (C=O) groups excluding carboxylic acids is 1. The first-order valence-electron chi connectivity index (χ1n) is 6.18. The van der Waals surface area contributed by atoms with E-state index in [-0.39, 0.29) is 35.1 Å². The van der Waals surface area contributed by atoms with Crippen molar-refractivity contribution in [3.8, 4) is 5.75 Å². The Hall–Kier alpha value is -0.510. The second kappa shape index (κ2) is 10.4. The first-order valence-corrected chi connectivity index (χ1v) is 6.18. The Kier molecular flexibility index (Phi) is 10.1. The SMILES string of the molecule is CCCCCCCOc1ccc(C(=O)[O-])cc1.[Na+]. The molecule has 0 saturated heterocycles. The van der Waals surface area contributed by atoms with Crippen LogP contribution >= 0.6 is 0 Å². The van der Waals surface area contributed by atoms with Gasteiger partial charge in [0.15, 0.2) is 0 Å². The number of carboxylic acids is 1. The molecule has 4 heteroatoms. The van der Waals surface area contributed by atoms with Gasteiger partial charge in [-0.1, -0.05) is 32.6 Å². The van der Waals surface area contributed by atoms with Crippen molar-refractivity contribution in [2.75, 3.05) is 6.61 Å². The number of carbonyl (C=O) groups is 1. The zero-order chi connectivity index (χ0) is 12.5. The number of rotatable bonds is 8. The molecule has 0 radical (unpaired) electrons. The van der Waals surface area contributed by atoms with E-state index >= 15 is 0 Å². The van der Waals surface area contributed by atoms with E-state index in [0.29, 0.717) is 12.4 Å². The number of unbranched alkanes of at least 4 members (excludes halogenated alkanes) is 4. The average Bonchev–Trinajstić information content (AvgIpc) is 2.34. The zero-order valence-corrected chi connectivity index (χ0v) is 13.3. The van der Waals surface area contributed by atoms with Crippen molar-refractivity contribution in [2.45, 2.75) is 39.0 Å². The van der Waals surface area contributed by atoms with Crippen LogP contribution in [0.2, 0.25) is 0 Å². The van der Waals surface area contributed by atoms with Gasteiger partial charge in [0.2, 0.25) is 0 Å². The molecule has 1 rings (SSSR count). The van der Waals surface area contributed by atoms with Crippen molar-refractivity contribution in [2.24, 2.45) is 0 Å². The standard InChI is InChI=1S/C14H20O3.Na/c1-2-3-4-5-6-11-17-13-9-7-12(8-10-13)14(15)16;/h7-10H,2-6,11H2,1H3,(H,15,16);/q;+1/p-1. The molecule has 0 aliphatic rings. The third-order valence-corrected chi connectivity index (χ3v) is 2.61. The third-order valence-electron chi connectivity index (χ3n) is 2.61. The van der Waals surface area contributed by atoms with Crippen LogP contribution in [0, 0.1) is 0 Å². The minimum absolute atomic E-state index is 0. The van der Waals surface area contributed by atoms with Crippen LogP contribution in [0.4, 0.5) is 0 Å². The number of carboxylic acid groups (broad SMARTS) is 1. The van der Waals surface area contributed by atoms with Gasteiger partial charge in [-0.15, -0.1) is 0 Å². The molecule has 0 saturated carbocycles. The molecule has 0 atom stereocenters. The fraction of sp³-hybridized carbons (Fsp3) is 0.500. The Morgan fingerprint density at radius 2 is 1.72 bits per heavy atom. The van der Waals surface area contributed by atoms with Gasteiger partial charge in [0.1, 0.15) is 5.75 Å². The predicted octanol–water partition coefficient (Wildman–Crippen LogP) is -0.597. The molecule has 3 nitrogen and oxygen atoms in total. The normalized spacial score (nSPS) is 9.61. The van der Waals surface area contributed by atoms with Gasteiger partial charge in [-0.2, -0.15) is 0 Å². The van der Waals surface area contributed by atoms with Crippen molar-refractivity contribution in [1.82, 2.24) is 0 Å². The molecule has 1 aromatic carbocycles. The molecule has 0 heterocycles. The topological polar surface area (TPSA) is 49.4 Å². The summed E-state index contributed by atoms with van der Waals surface area (Å²) in [4.78, 5) is 10.5. The largest absolute Gasteiger partial charge is 1.00 e. The van der Waals surface area contributed by atoms with Crippen LogP contribution in [0.1, 0.15) is 49.4 Å². The summed E-state index contributed by atoms with van der Waals surface area (Å²) in [6, 6.07) is 6.33. The van der Waals surface area contributed by atoms with Crippen LogP contribution in [0.25, 0.3) is 0 Å². The van der Waals surface area contributed by atoms with Crippen LogP contribution in [0.15, 0.2) is 24.3 Å². The summed E-state index contributed by atoms with van der Waals surface area (Å²) in [6.07, 6.45) is 6.00. The Morgan fingerprint density at radius 1 is 1.11 bits per heavy atom. The minimum Gasteiger partial charge on any atom is -0.545 e. The van der Waals surface area contributed by atoms with E-state index in [2.05, 4.69) is 6.92 Å². The van der Waals surface area contributed by atoms with Gasteiger partial charge in [0.05, 0.1) is 12.6 Å². The number of aromatic carboxylic acids is 1. The fourth-order valence-corrected chi connectivity index (χ4v) is 1.58. The van der Waals surface area contributed by atoms with E-state index < -0.39 is 5.97 Å². The van der Waals surface area contributed by atoms with Crippen LogP contribution in [0.3, 0.4) is 0 Å². The third kappa shape index (κ3) is 7.04. The van der Waals surface area contributed by atoms with Gasteiger partial charge in [-0.25, -0.2) is 0 Å². The van der Waals surface area contributed by atoms with Crippen LogP contribution in [-0.4, -0.2) is 12.6 Å². The quantitative estimate of drug-likeness (QED) is 0.462. The van der Waals surface area contributed by atoms with E-state index in [9.17, 15) is 9.90 Å². The van der Waals surface area contributed by atoms with E-state index in [1.807, 2.05) is 0 Å². The van der Waals surface area contributed by atoms with Gasteiger partial charge < -0.3 is 14.6 Å². The summed E-state index contributed by atoms with van der Waals surface area (Å²) in [5, 5.41) is 10.5. The predicted molar refractivity (Wildman–Crippen MR) is 65.0 cm³/mol. The molecule has 0 unspecified atom stereocenters. The Morgan fingerprint density at radius 3 is 2.28 bits per heavy atom. The van der Waals surface area contributed by atoms with Crippen LogP contribution in [-0.2, 0) is 0 Å². The Labute approximate surface area is 131 Å². The van der Waals surface area contributed by atoms with Gasteiger partial charge in [-0.05, 0) is 36.2 Å². The molecular formula is C14H19NaO3. The summed E-state index contributed by atoms with van der Waals surface area (Å²) >= 11 is 0. The second-order valence-electron chi connectivity index (χ2n) is 4.07. The van der Waals surface area contributed by atoms with Crippen molar-refractivity contribution in [3.63, 3.8) is 0 Å². The van der Waals surface area contributed by atoms with Crippen molar-refractivity contribution >= 4 is 5.97 Å². The first-order chi connectivity index (χ1) is 8.24. The van der Waals surface area contributed by atoms with Gasteiger partial charge in [0, 0.05) is 0 Å². The summed E-state index contributed by atoms with van der Waals surface area (Å²) in [5.74, 6) is -0.443. The maximum absolute atomic E-state index is 10.5. The molecule has 94 valence electrons. The molecule has 0 fully saturated rings. The summed E-state index contributed by atoms with van der Waals surface area (Å²) in [5.41, 5.74) is 0.181. The molecule has 1 aromatic rings. The van der Waals surface area contributed by atoms with Crippen molar-refractivity contribution < 1.29 is 44.2 Å². The maximum atomic E-state index is 10.5. The Balaban J connectivity index is 0.00000289. The maximum Gasteiger partial charge on any atom is 1.00 e. The number of hydrogen-bond acceptors (Lipinski definition) is 3. The number of benzene rings is 1. The summed E-state index contributed by atoms with van der Waals surface area (Å²) in [7, 11) is 0. The molecule has 0 aliphatic carbocycles. The van der Waals surface area contributed by atoms with Crippen LogP contribution < -0.4 is 39.4 Å². The van der Waals surface area contributed by atoms with E-state index in [0.717, 1.165) is 6.42 Å². The van der Waals surface area contributed by atoms with Gasteiger partial charge in [-0.3, -0.25) is 0 Å². The summed E-state index contributed by atoms with van der Waals surface area (Å²) < 4.78 is 5.51. The monoisotopic (exact) mass is 258 g/mol. The molecule has 0 spiro atoms. The molecule has 0 N–H and O–H groups in total. The molecule has 0 bridgehead atoms. The van der Waals surface area contributed by atoms with Gasteiger partial charge in [0.25, 0.3) is 0 Å².